The number of hydrogen-bond donors (Lipinski definition) is 2. The van der Waals surface area contributed by atoms with Gasteiger partial charge in [0.25, 0.3) is 0 Å². The Balaban J connectivity index is 1.68. The van der Waals surface area contributed by atoms with Crippen LogP contribution in [0.2, 0.25) is 0 Å². The predicted octanol–water partition coefficient (Wildman–Crippen LogP) is 0.261. The maximum absolute atomic E-state index is 12.2. The van der Waals surface area contributed by atoms with Crippen LogP contribution in [0, 0.1) is 0 Å². The molecule has 0 radical (unpaired) electrons. The first-order valence-electron chi connectivity index (χ1n) is 6.25. The van der Waals surface area contributed by atoms with Crippen molar-refractivity contribution in [2.24, 2.45) is 0 Å². The van der Waals surface area contributed by atoms with Gasteiger partial charge in [0.15, 0.2) is 0 Å². The van der Waals surface area contributed by atoms with Crippen molar-refractivity contribution < 1.29 is 13.2 Å². The van der Waals surface area contributed by atoms with Crippen LogP contribution >= 0.6 is 0 Å². The van der Waals surface area contributed by atoms with Crippen molar-refractivity contribution in [1.82, 2.24) is 19.9 Å². The van der Waals surface area contributed by atoms with Crippen LogP contribution in [-0.4, -0.2) is 36.8 Å². The molecule has 0 bridgehead atoms. The van der Waals surface area contributed by atoms with E-state index in [1.54, 1.807) is 18.2 Å². The lowest BCUT2D eigenvalue weighted by molar-refractivity contribution is 0.356. The number of fused-ring (bicyclic) bond motifs is 1. The molecule has 7 nitrogen and oxygen atoms in total. The largest absolute Gasteiger partial charge is 0.493 e. The monoisotopic (exact) mass is 294 g/mol. The lowest BCUT2D eigenvalue weighted by Gasteiger charge is -2.07. The number of hydrogen-bond acceptors (Lipinski definition) is 5. The van der Waals surface area contributed by atoms with Gasteiger partial charge < -0.3 is 4.74 Å². The standard InChI is InChI=1S/C12H14N4O3S/c17-20(18,15-5-3-12-13-8-14-16-12)10-1-2-11-9(7-10)4-6-19-11/h1-2,7-8,15H,3-6H2,(H,13,14,16). The van der Waals surface area contributed by atoms with Crippen LogP contribution in [0.25, 0.3) is 0 Å². The third-order valence-electron chi connectivity index (χ3n) is 3.09. The van der Waals surface area contributed by atoms with Gasteiger partial charge >= 0.3 is 0 Å². The molecule has 0 spiro atoms. The van der Waals surface area contributed by atoms with Crippen LogP contribution in [0.4, 0.5) is 0 Å². The summed E-state index contributed by atoms with van der Waals surface area (Å²) in [5.74, 6) is 1.42. The van der Waals surface area contributed by atoms with E-state index in [-0.39, 0.29) is 11.4 Å². The van der Waals surface area contributed by atoms with Gasteiger partial charge in [0, 0.05) is 19.4 Å². The van der Waals surface area contributed by atoms with Crippen LogP contribution in [0.3, 0.4) is 0 Å². The van der Waals surface area contributed by atoms with Crippen LogP contribution in [0.15, 0.2) is 29.4 Å². The van der Waals surface area contributed by atoms with Gasteiger partial charge in [-0.05, 0) is 23.8 Å². The molecular formula is C12H14N4O3S. The number of aromatic nitrogens is 3. The molecule has 20 heavy (non-hydrogen) atoms. The molecule has 0 saturated heterocycles. The smallest absolute Gasteiger partial charge is 0.240 e. The maximum atomic E-state index is 12.2. The molecule has 0 unspecified atom stereocenters. The van der Waals surface area contributed by atoms with Gasteiger partial charge in [-0.2, -0.15) is 5.10 Å². The molecule has 1 aliphatic heterocycles. The van der Waals surface area contributed by atoms with Crippen molar-refractivity contribution in [3.63, 3.8) is 0 Å². The zero-order chi connectivity index (χ0) is 14.0. The van der Waals surface area contributed by atoms with E-state index in [1.165, 1.54) is 6.33 Å². The van der Waals surface area contributed by atoms with E-state index in [2.05, 4.69) is 19.9 Å². The van der Waals surface area contributed by atoms with E-state index in [1.807, 2.05) is 0 Å². The van der Waals surface area contributed by atoms with Gasteiger partial charge in [0.05, 0.1) is 11.5 Å². The molecule has 2 aromatic rings. The van der Waals surface area contributed by atoms with E-state index in [9.17, 15) is 8.42 Å². The molecule has 1 aromatic carbocycles. The zero-order valence-corrected chi connectivity index (χ0v) is 11.5. The van der Waals surface area contributed by atoms with Crippen LogP contribution in [0.1, 0.15) is 11.4 Å². The molecule has 0 amide bonds. The van der Waals surface area contributed by atoms with E-state index in [0.717, 1.165) is 17.7 Å². The first-order valence-corrected chi connectivity index (χ1v) is 7.73. The van der Waals surface area contributed by atoms with E-state index in [0.29, 0.717) is 18.9 Å². The number of rotatable bonds is 5. The number of sulfonamides is 1. The SMILES string of the molecule is O=S(=O)(NCCc1ncn[nH]1)c1ccc2c(c1)CCO2. The van der Waals surface area contributed by atoms with Gasteiger partial charge in [-0.15, -0.1) is 0 Å². The third kappa shape index (κ3) is 2.66. The number of nitrogens with zero attached hydrogens (tertiary/aromatic N) is 2. The molecule has 0 saturated carbocycles. The minimum Gasteiger partial charge on any atom is -0.493 e. The third-order valence-corrected chi connectivity index (χ3v) is 4.55. The minimum atomic E-state index is -3.50. The number of ether oxygens (including phenoxy) is 1. The van der Waals surface area contributed by atoms with Crippen LogP contribution in [-0.2, 0) is 22.9 Å². The Morgan fingerprint density at radius 2 is 2.30 bits per heavy atom. The highest BCUT2D eigenvalue weighted by Crippen LogP contribution is 2.27. The Kier molecular flexibility index (Phi) is 3.41. The zero-order valence-electron chi connectivity index (χ0n) is 10.7. The molecule has 1 aliphatic rings. The van der Waals surface area contributed by atoms with Crippen LogP contribution < -0.4 is 9.46 Å². The van der Waals surface area contributed by atoms with Gasteiger partial charge in [-0.25, -0.2) is 18.1 Å². The van der Waals surface area contributed by atoms with E-state index < -0.39 is 10.0 Å². The molecule has 3 rings (SSSR count). The molecule has 8 heteroatoms. The van der Waals surface area contributed by atoms with Crippen molar-refractivity contribution in [1.29, 1.82) is 0 Å². The fourth-order valence-corrected chi connectivity index (χ4v) is 3.15. The highest BCUT2D eigenvalue weighted by Gasteiger charge is 2.18. The number of nitrogens with one attached hydrogen (secondary N) is 2. The molecule has 1 aromatic heterocycles. The first-order chi connectivity index (χ1) is 9.65. The predicted molar refractivity (Wildman–Crippen MR) is 70.9 cm³/mol. The van der Waals surface area contributed by atoms with E-state index in [4.69, 9.17) is 4.74 Å². The Labute approximate surface area is 116 Å². The topological polar surface area (TPSA) is 97.0 Å². The molecule has 0 atom stereocenters. The van der Waals surface area contributed by atoms with Crippen molar-refractivity contribution in [3.05, 3.63) is 35.9 Å². The fraction of sp³-hybridized carbons (Fsp3) is 0.333. The van der Waals surface area contributed by atoms with Gasteiger partial charge in [-0.3, -0.25) is 5.10 Å². The molecule has 2 N–H and O–H groups in total. The Morgan fingerprint density at radius 3 is 3.10 bits per heavy atom. The second-order valence-electron chi connectivity index (χ2n) is 4.45. The van der Waals surface area contributed by atoms with Crippen LogP contribution in [0.5, 0.6) is 5.75 Å². The lowest BCUT2D eigenvalue weighted by Crippen LogP contribution is -2.26. The molecular weight excluding hydrogens is 280 g/mol. The second kappa shape index (κ2) is 5.22. The summed E-state index contributed by atoms with van der Waals surface area (Å²) in [6, 6.07) is 4.92. The lowest BCUT2D eigenvalue weighted by atomic mass is 10.2. The average molecular weight is 294 g/mol. The number of benzene rings is 1. The van der Waals surface area contributed by atoms with Gasteiger partial charge in [-0.1, -0.05) is 0 Å². The summed E-state index contributed by atoms with van der Waals surface area (Å²) >= 11 is 0. The summed E-state index contributed by atoms with van der Waals surface area (Å²) in [5.41, 5.74) is 0.933. The highest BCUT2D eigenvalue weighted by atomic mass is 32.2. The van der Waals surface area contributed by atoms with Crippen molar-refractivity contribution >= 4 is 10.0 Å². The maximum Gasteiger partial charge on any atom is 0.240 e. The fourth-order valence-electron chi connectivity index (χ4n) is 2.07. The average Bonchev–Trinajstić information content (AvgIpc) is 3.08. The molecule has 0 aliphatic carbocycles. The van der Waals surface area contributed by atoms with Crippen molar-refractivity contribution in [2.75, 3.05) is 13.2 Å². The summed E-state index contributed by atoms with van der Waals surface area (Å²) in [5, 5.41) is 6.39. The van der Waals surface area contributed by atoms with Gasteiger partial charge in [0.2, 0.25) is 10.0 Å². The highest BCUT2D eigenvalue weighted by molar-refractivity contribution is 7.89. The summed E-state index contributed by atoms with van der Waals surface area (Å²) < 4.78 is 32.2. The van der Waals surface area contributed by atoms with Crippen molar-refractivity contribution in [2.45, 2.75) is 17.7 Å². The first kappa shape index (κ1) is 13.1. The number of H-pyrrole nitrogens is 1. The quantitative estimate of drug-likeness (QED) is 0.824. The summed E-state index contributed by atoms with van der Waals surface area (Å²) in [6.45, 7) is 0.878. The molecule has 106 valence electrons. The Morgan fingerprint density at radius 1 is 1.40 bits per heavy atom. The van der Waals surface area contributed by atoms with Gasteiger partial charge in [0.1, 0.15) is 17.9 Å². The summed E-state index contributed by atoms with van der Waals surface area (Å²) in [4.78, 5) is 4.20. The summed E-state index contributed by atoms with van der Waals surface area (Å²) in [7, 11) is -3.50. The molecule has 0 fully saturated rings. The molecule has 2 heterocycles. The second-order valence-corrected chi connectivity index (χ2v) is 6.21. The normalized spacial score (nSPS) is 14.0. The van der Waals surface area contributed by atoms with E-state index >= 15 is 0 Å². The minimum absolute atomic E-state index is 0.263. The Hall–Kier alpha value is -1.93. The number of aromatic amines is 1. The van der Waals surface area contributed by atoms with Crippen molar-refractivity contribution in [3.8, 4) is 5.75 Å². The summed E-state index contributed by atoms with van der Waals surface area (Å²) in [6.07, 6.45) is 2.61. The Bertz CT molecular complexity index is 697.